The smallest absolute Gasteiger partial charge is 0.221 e. The van der Waals surface area contributed by atoms with E-state index >= 15 is 0 Å². The standard InChI is InChI=1S/C12H16N2OS2/c1-16-7-5-12(15)14-9-11-10(3-2-6-13)4-8-17-11/h4,8H,5-7,9,13H2,1H3,(H,14,15). The lowest BCUT2D eigenvalue weighted by Gasteiger charge is -2.03. The van der Waals surface area contributed by atoms with E-state index in [0.29, 0.717) is 19.5 Å². The van der Waals surface area contributed by atoms with Crippen molar-refractivity contribution in [3.63, 3.8) is 0 Å². The third-order valence-electron chi connectivity index (χ3n) is 2.05. The van der Waals surface area contributed by atoms with E-state index in [9.17, 15) is 4.79 Å². The minimum atomic E-state index is 0.0884. The Morgan fingerprint density at radius 3 is 3.18 bits per heavy atom. The van der Waals surface area contributed by atoms with Crippen molar-refractivity contribution in [1.29, 1.82) is 0 Å². The van der Waals surface area contributed by atoms with Crippen LogP contribution in [-0.4, -0.2) is 24.5 Å². The highest BCUT2D eigenvalue weighted by molar-refractivity contribution is 7.98. The van der Waals surface area contributed by atoms with Crippen molar-refractivity contribution in [3.8, 4) is 11.8 Å². The summed E-state index contributed by atoms with van der Waals surface area (Å²) in [5, 5.41) is 4.87. The zero-order valence-corrected chi connectivity index (χ0v) is 11.4. The van der Waals surface area contributed by atoms with Crippen LogP contribution < -0.4 is 11.1 Å². The summed E-state index contributed by atoms with van der Waals surface area (Å²) in [5.41, 5.74) is 6.29. The first-order chi connectivity index (χ1) is 8.27. The molecule has 1 aromatic rings. The van der Waals surface area contributed by atoms with Crippen LogP contribution in [0.25, 0.3) is 0 Å². The van der Waals surface area contributed by atoms with Gasteiger partial charge < -0.3 is 11.1 Å². The molecule has 5 heteroatoms. The van der Waals surface area contributed by atoms with E-state index in [1.807, 2.05) is 17.7 Å². The molecule has 1 aromatic heterocycles. The molecule has 0 spiro atoms. The quantitative estimate of drug-likeness (QED) is 0.794. The molecular formula is C12H16N2OS2. The molecule has 0 unspecified atom stereocenters. The zero-order chi connectivity index (χ0) is 12.5. The van der Waals surface area contributed by atoms with E-state index in [0.717, 1.165) is 16.2 Å². The number of thioether (sulfide) groups is 1. The highest BCUT2D eigenvalue weighted by Gasteiger charge is 2.04. The van der Waals surface area contributed by atoms with Gasteiger partial charge in [0.1, 0.15) is 0 Å². The van der Waals surface area contributed by atoms with Crippen molar-refractivity contribution < 1.29 is 4.79 Å². The summed E-state index contributed by atoms with van der Waals surface area (Å²) in [6.07, 6.45) is 2.56. The van der Waals surface area contributed by atoms with Crippen LogP contribution in [0.1, 0.15) is 16.9 Å². The van der Waals surface area contributed by atoms with Crippen molar-refractivity contribution >= 4 is 29.0 Å². The second-order valence-electron chi connectivity index (χ2n) is 3.28. The van der Waals surface area contributed by atoms with Gasteiger partial charge in [0.25, 0.3) is 0 Å². The van der Waals surface area contributed by atoms with Gasteiger partial charge in [0.15, 0.2) is 0 Å². The predicted molar refractivity (Wildman–Crippen MR) is 75.1 cm³/mol. The van der Waals surface area contributed by atoms with E-state index in [1.54, 1.807) is 23.1 Å². The SMILES string of the molecule is CSCCC(=O)NCc1sccc1C#CCN. The summed E-state index contributed by atoms with van der Waals surface area (Å²) in [6, 6.07) is 1.96. The van der Waals surface area contributed by atoms with E-state index < -0.39 is 0 Å². The monoisotopic (exact) mass is 268 g/mol. The van der Waals surface area contributed by atoms with E-state index in [4.69, 9.17) is 5.73 Å². The highest BCUT2D eigenvalue weighted by Crippen LogP contribution is 2.15. The van der Waals surface area contributed by atoms with Gasteiger partial charge in [-0.25, -0.2) is 0 Å². The minimum absolute atomic E-state index is 0.0884. The average molecular weight is 268 g/mol. The first kappa shape index (κ1) is 14.1. The van der Waals surface area contributed by atoms with E-state index in [2.05, 4.69) is 17.2 Å². The molecule has 0 fully saturated rings. The Kier molecular flexibility index (Phi) is 6.78. The van der Waals surface area contributed by atoms with Gasteiger partial charge in [0, 0.05) is 22.6 Å². The summed E-state index contributed by atoms with van der Waals surface area (Å²) in [6.45, 7) is 0.912. The average Bonchev–Trinajstić information content (AvgIpc) is 2.78. The maximum Gasteiger partial charge on any atom is 0.221 e. The molecule has 1 amide bonds. The van der Waals surface area contributed by atoms with Gasteiger partial charge in [-0.05, 0) is 17.7 Å². The molecule has 17 heavy (non-hydrogen) atoms. The van der Waals surface area contributed by atoms with Gasteiger partial charge >= 0.3 is 0 Å². The van der Waals surface area contributed by atoms with Crippen LogP contribution in [0, 0.1) is 11.8 Å². The molecule has 0 saturated carbocycles. The molecule has 0 saturated heterocycles. The molecular weight excluding hydrogens is 252 g/mol. The summed E-state index contributed by atoms with van der Waals surface area (Å²) >= 11 is 3.28. The number of carbonyl (C=O) groups excluding carboxylic acids is 1. The number of hydrogen-bond acceptors (Lipinski definition) is 4. The minimum Gasteiger partial charge on any atom is -0.351 e. The number of hydrogen-bond donors (Lipinski definition) is 2. The van der Waals surface area contributed by atoms with E-state index in [1.165, 1.54) is 0 Å². The molecule has 1 rings (SSSR count). The molecule has 0 atom stereocenters. The van der Waals surface area contributed by atoms with Crippen molar-refractivity contribution in [2.45, 2.75) is 13.0 Å². The van der Waals surface area contributed by atoms with Crippen LogP contribution >= 0.6 is 23.1 Å². The maximum absolute atomic E-state index is 11.4. The first-order valence-corrected chi connectivity index (χ1v) is 7.56. The number of thiophene rings is 1. The Bertz CT molecular complexity index is 418. The van der Waals surface area contributed by atoms with Crippen LogP contribution in [0.15, 0.2) is 11.4 Å². The Labute approximate surface area is 110 Å². The van der Waals surface area contributed by atoms with Gasteiger partial charge in [-0.1, -0.05) is 11.8 Å². The normalized spacial score (nSPS) is 9.53. The van der Waals surface area contributed by atoms with Gasteiger partial charge in [-0.3, -0.25) is 4.79 Å². The number of rotatable bonds is 5. The van der Waals surface area contributed by atoms with Crippen molar-refractivity contribution in [3.05, 3.63) is 21.9 Å². The first-order valence-electron chi connectivity index (χ1n) is 5.29. The predicted octanol–water partition coefficient (Wildman–Crippen LogP) is 1.43. The van der Waals surface area contributed by atoms with Crippen LogP contribution in [0.4, 0.5) is 0 Å². The molecule has 3 N–H and O–H groups in total. The molecule has 0 aliphatic carbocycles. The Balaban J connectivity index is 2.46. The van der Waals surface area contributed by atoms with Crippen LogP contribution in [0.3, 0.4) is 0 Å². The third-order valence-corrected chi connectivity index (χ3v) is 3.58. The van der Waals surface area contributed by atoms with Gasteiger partial charge in [0.05, 0.1) is 13.1 Å². The van der Waals surface area contributed by atoms with Gasteiger partial charge in [0.2, 0.25) is 5.91 Å². The summed E-state index contributed by atoms with van der Waals surface area (Å²) < 4.78 is 0. The summed E-state index contributed by atoms with van der Waals surface area (Å²) in [4.78, 5) is 12.5. The molecule has 0 aliphatic heterocycles. The zero-order valence-electron chi connectivity index (χ0n) is 9.79. The second kappa shape index (κ2) is 8.18. The second-order valence-corrected chi connectivity index (χ2v) is 5.27. The van der Waals surface area contributed by atoms with Gasteiger partial charge in [-0.2, -0.15) is 11.8 Å². The van der Waals surface area contributed by atoms with Crippen LogP contribution in [0.2, 0.25) is 0 Å². The summed E-state index contributed by atoms with van der Waals surface area (Å²) in [7, 11) is 0. The molecule has 3 nitrogen and oxygen atoms in total. The molecule has 0 bridgehead atoms. The van der Waals surface area contributed by atoms with Crippen molar-refractivity contribution in [2.24, 2.45) is 5.73 Å². The lowest BCUT2D eigenvalue weighted by molar-refractivity contribution is -0.120. The number of nitrogens with one attached hydrogen (secondary N) is 1. The topological polar surface area (TPSA) is 55.1 Å². The highest BCUT2D eigenvalue weighted by atomic mass is 32.2. The van der Waals surface area contributed by atoms with Crippen molar-refractivity contribution in [2.75, 3.05) is 18.6 Å². The lowest BCUT2D eigenvalue weighted by atomic mass is 10.2. The molecule has 0 aliphatic rings. The Morgan fingerprint density at radius 2 is 2.47 bits per heavy atom. The number of amides is 1. The lowest BCUT2D eigenvalue weighted by Crippen LogP contribution is -2.22. The van der Waals surface area contributed by atoms with Gasteiger partial charge in [-0.15, -0.1) is 11.3 Å². The molecule has 1 heterocycles. The van der Waals surface area contributed by atoms with Crippen LogP contribution in [0.5, 0.6) is 0 Å². The molecule has 0 radical (unpaired) electrons. The fourth-order valence-corrected chi connectivity index (χ4v) is 2.36. The number of carbonyl (C=O) groups is 1. The number of nitrogens with two attached hydrogens (primary N) is 1. The fraction of sp³-hybridized carbons (Fsp3) is 0.417. The Hall–Kier alpha value is -0.960. The molecule has 92 valence electrons. The van der Waals surface area contributed by atoms with Crippen LogP contribution in [-0.2, 0) is 11.3 Å². The largest absolute Gasteiger partial charge is 0.351 e. The van der Waals surface area contributed by atoms with E-state index in [-0.39, 0.29) is 5.91 Å². The Morgan fingerprint density at radius 1 is 1.65 bits per heavy atom. The van der Waals surface area contributed by atoms with Crippen molar-refractivity contribution in [1.82, 2.24) is 5.32 Å². The maximum atomic E-state index is 11.4. The summed E-state index contributed by atoms with van der Waals surface area (Å²) in [5.74, 6) is 6.77. The molecule has 0 aromatic carbocycles. The fourth-order valence-electron chi connectivity index (χ4n) is 1.20. The third kappa shape index (κ3) is 5.26.